The molecule has 2 atom stereocenters. The van der Waals surface area contributed by atoms with Gasteiger partial charge in [-0.2, -0.15) is 0 Å². The van der Waals surface area contributed by atoms with Crippen LogP contribution in [0.2, 0.25) is 0 Å². The second kappa shape index (κ2) is 12.2. The maximum Gasteiger partial charge on any atom is 0.232 e. The van der Waals surface area contributed by atoms with Crippen molar-refractivity contribution in [2.75, 3.05) is 17.7 Å². The van der Waals surface area contributed by atoms with Gasteiger partial charge in [0.15, 0.2) is 0 Å². The van der Waals surface area contributed by atoms with Gasteiger partial charge < -0.3 is 15.4 Å². The highest BCUT2D eigenvalue weighted by atomic mass is 32.1. The van der Waals surface area contributed by atoms with Crippen molar-refractivity contribution in [2.45, 2.75) is 50.4 Å². The number of carbonyl (C=O) groups excluding carboxylic acids is 2. The molecule has 1 saturated carbocycles. The molecule has 10 nitrogen and oxygen atoms in total. The smallest absolute Gasteiger partial charge is 0.232 e. The number of anilines is 2. The predicted octanol–water partition coefficient (Wildman–Crippen LogP) is 4.60. The highest BCUT2D eigenvalue weighted by Gasteiger charge is 2.29. The molecule has 0 bridgehead atoms. The molecule has 12 heteroatoms. The average molecular weight is 550 g/mol. The summed E-state index contributed by atoms with van der Waals surface area (Å²) in [5.74, 6) is 0.885. The fourth-order valence-electron chi connectivity index (χ4n) is 4.50. The van der Waals surface area contributed by atoms with E-state index in [-0.39, 0.29) is 36.5 Å². The van der Waals surface area contributed by atoms with Crippen LogP contribution in [0.15, 0.2) is 48.7 Å². The van der Waals surface area contributed by atoms with E-state index in [1.165, 1.54) is 22.7 Å². The molecule has 0 radical (unpaired) electrons. The number of benzene rings is 1. The van der Waals surface area contributed by atoms with E-state index in [1.54, 1.807) is 13.3 Å². The number of carbonyl (C=O) groups is 2. The second-order valence-electron chi connectivity index (χ2n) is 9.07. The van der Waals surface area contributed by atoms with Crippen LogP contribution in [0, 0.1) is 0 Å². The van der Waals surface area contributed by atoms with Gasteiger partial charge in [0.25, 0.3) is 0 Å². The first-order valence-corrected chi connectivity index (χ1v) is 14.0. The Hall–Kier alpha value is -3.77. The Morgan fingerprint density at radius 1 is 0.895 bits per heavy atom. The number of pyridine rings is 1. The molecule has 5 rings (SSSR count). The zero-order chi connectivity index (χ0) is 26.3. The van der Waals surface area contributed by atoms with Gasteiger partial charge in [0, 0.05) is 23.7 Å². The van der Waals surface area contributed by atoms with Crippen molar-refractivity contribution in [3.63, 3.8) is 0 Å². The van der Waals surface area contributed by atoms with Gasteiger partial charge in [0.05, 0.1) is 20.0 Å². The van der Waals surface area contributed by atoms with Crippen molar-refractivity contribution in [2.24, 2.45) is 0 Å². The molecule has 3 heterocycles. The number of ether oxygens (including phenoxy) is 1. The van der Waals surface area contributed by atoms with Crippen LogP contribution in [-0.2, 0) is 22.4 Å². The normalized spacial score (nSPS) is 17.1. The minimum atomic E-state index is -0.164. The molecule has 2 amide bonds. The predicted molar refractivity (Wildman–Crippen MR) is 146 cm³/mol. The van der Waals surface area contributed by atoms with Crippen LogP contribution in [-0.4, -0.2) is 44.3 Å². The molecule has 2 N–H and O–H groups in total. The molecule has 0 spiro atoms. The van der Waals surface area contributed by atoms with Gasteiger partial charge in [-0.15, -0.1) is 20.4 Å². The lowest BCUT2D eigenvalue weighted by Crippen LogP contribution is -2.14. The van der Waals surface area contributed by atoms with Crippen molar-refractivity contribution in [1.82, 2.24) is 25.4 Å². The highest BCUT2D eigenvalue weighted by molar-refractivity contribution is 7.15. The molecule has 3 aromatic heterocycles. The summed E-state index contributed by atoms with van der Waals surface area (Å²) in [7, 11) is 1.60. The number of nitrogens with one attached hydrogen (secondary N) is 2. The molecule has 1 aliphatic rings. The first-order valence-electron chi connectivity index (χ1n) is 12.3. The molecule has 1 aliphatic carbocycles. The molecular weight excluding hydrogens is 522 g/mol. The number of amides is 2. The zero-order valence-electron chi connectivity index (χ0n) is 20.8. The SMILES string of the molecule is COc1cccc(CC(=O)Nc2nnc([C@@H]3CCC[C@@H](c4nnc(NC(=O)Cc5ccccn5)s4)C3)s2)c1. The standard InChI is InChI=1S/C26H27N7O3S2/c1-36-20-10-4-6-16(12-20)13-21(34)28-25-32-30-23(37-25)17-7-5-8-18(14-17)24-31-33-26(38-24)29-22(35)15-19-9-2-3-11-27-19/h2-4,6,9-12,17-18H,5,7-8,13-15H2,1H3,(H,28,32,34)(H,29,33,35)/t17-,18-/m1/s1. The highest BCUT2D eigenvalue weighted by Crippen LogP contribution is 2.43. The molecule has 196 valence electrons. The maximum absolute atomic E-state index is 12.5. The van der Waals surface area contributed by atoms with E-state index >= 15 is 0 Å². The fraction of sp³-hybridized carbons (Fsp3) is 0.346. The Balaban J connectivity index is 1.15. The lowest BCUT2D eigenvalue weighted by Gasteiger charge is -2.25. The summed E-state index contributed by atoms with van der Waals surface area (Å²) < 4.78 is 5.23. The first kappa shape index (κ1) is 25.9. The summed E-state index contributed by atoms with van der Waals surface area (Å²) in [4.78, 5) is 29.1. The van der Waals surface area contributed by atoms with E-state index in [9.17, 15) is 9.59 Å². The molecule has 0 unspecified atom stereocenters. The van der Waals surface area contributed by atoms with Gasteiger partial charge >= 0.3 is 0 Å². The Morgan fingerprint density at radius 2 is 1.58 bits per heavy atom. The molecule has 1 aromatic carbocycles. The Morgan fingerprint density at radius 3 is 2.21 bits per heavy atom. The number of hydrogen-bond donors (Lipinski definition) is 2. The van der Waals surface area contributed by atoms with Gasteiger partial charge in [-0.25, -0.2) is 0 Å². The van der Waals surface area contributed by atoms with Crippen LogP contribution in [0.5, 0.6) is 5.75 Å². The second-order valence-corrected chi connectivity index (χ2v) is 11.1. The van der Waals surface area contributed by atoms with Crippen LogP contribution in [0.1, 0.15) is 58.8 Å². The van der Waals surface area contributed by atoms with Gasteiger partial charge in [-0.05, 0) is 49.1 Å². The summed E-state index contributed by atoms with van der Waals surface area (Å²) in [6.07, 6.45) is 6.02. The third-order valence-electron chi connectivity index (χ3n) is 6.31. The summed E-state index contributed by atoms with van der Waals surface area (Å²) in [5, 5.41) is 25.7. The minimum absolute atomic E-state index is 0.144. The molecule has 0 saturated heterocycles. The van der Waals surface area contributed by atoms with Crippen molar-refractivity contribution in [3.05, 3.63) is 69.9 Å². The van der Waals surface area contributed by atoms with E-state index in [2.05, 4.69) is 36.0 Å². The molecule has 4 aromatic rings. The summed E-state index contributed by atoms with van der Waals surface area (Å²) in [5.41, 5.74) is 1.57. The van der Waals surface area contributed by atoms with Gasteiger partial charge in [0.1, 0.15) is 15.8 Å². The van der Waals surface area contributed by atoms with Crippen LogP contribution in [0.3, 0.4) is 0 Å². The van der Waals surface area contributed by atoms with Crippen molar-refractivity contribution < 1.29 is 14.3 Å². The van der Waals surface area contributed by atoms with E-state index < -0.39 is 0 Å². The van der Waals surface area contributed by atoms with E-state index in [0.29, 0.717) is 16.0 Å². The van der Waals surface area contributed by atoms with Crippen LogP contribution >= 0.6 is 22.7 Å². The first-order chi connectivity index (χ1) is 18.6. The lowest BCUT2D eigenvalue weighted by molar-refractivity contribution is -0.116. The van der Waals surface area contributed by atoms with E-state index in [1.807, 2.05) is 42.5 Å². The van der Waals surface area contributed by atoms with Crippen LogP contribution < -0.4 is 15.4 Å². The maximum atomic E-state index is 12.5. The monoisotopic (exact) mass is 549 g/mol. The Bertz CT molecular complexity index is 1390. The van der Waals surface area contributed by atoms with Gasteiger partial charge in [-0.3, -0.25) is 14.6 Å². The van der Waals surface area contributed by atoms with E-state index in [4.69, 9.17) is 4.74 Å². The van der Waals surface area contributed by atoms with E-state index in [0.717, 1.165) is 47.0 Å². The van der Waals surface area contributed by atoms with Crippen LogP contribution in [0.25, 0.3) is 0 Å². The number of nitrogens with zero attached hydrogens (tertiary/aromatic N) is 5. The summed E-state index contributed by atoms with van der Waals surface area (Å²) >= 11 is 2.84. The molecule has 0 aliphatic heterocycles. The Labute approximate surface area is 227 Å². The van der Waals surface area contributed by atoms with Crippen molar-refractivity contribution in [1.29, 1.82) is 0 Å². The number of rotatable bonds is 9. The molecule has 38 heavy (non-hydrogen) atoms. The van der Waals surface area contributed by atoms with Crippen LogP contribution in [0.4, 0.5) is 10.3 Å². The lowest BCUT2D eigenvalue weighted by atomic mass is 9.82. The zero-order valence-corrected chi connectivity index (χ0v) is 22.4. The van der Waals surface area contributed by atoms with Crippen molar-refractivity contribution >= 4 is 44.8 Å². The Kier molecular flexibility index (Phi) is 8.29. The number of aromatic nitrogens is 5. The third kappa shape index (κ3) is 6.75. The van der Waals surface area contributed by atoms with Gasteiger partial charge in [-0.1, -0.05) is 47.3 Å². The largest absolute Gasteiger partial charge is 0.497 e. The number of methoxy groups -OCH3 is 1. The summed E-state index contributed by atoms with van der Waals surface area (Å²) in [6.45, 7) is 0. The average Bonchev–Trinajstić information content (AvgIpc) is 3.59. The molecule has 1 fully saturated rings. The minimum Gasteiger partial charge on any atom is -0.497 e. The van der Waals surface area contributed by atoms with Gasteiger partial charge in [0.2, 0.25) is 22.1 Å². The van der Waals surface area contributed by atoms with Crippen molar-refractivity contribution in [3.8, 4) is 5.75 Å². The fourth-order valence-corrected chi connectivity index (χ4v) is 6.31. The topological polar surface area (TPSA) is 132 Å². The molecular formula is C26H27N7O3S2. The quantitative estimate of drug-likeness (QED) is 0.310. The third-order valence-corrected chi connectivity index (χ3v) is 8.32. The number of hydrogen-bond acceptors (Lipinski definition) is 10. The summed E-state index contributed by atoms with van der Waals surface area (Å²) in [6, 6.07) is 12.9.